The molecule has 1 aliphatic rings. The van der Waals surface area contributed by atoms with Crippen LogP contribution in [0.4, 0.5) is 0 Å². The standard InChI is InChI=1S/C20H20ClN3O3/c1-13(14-5-3-2-4-6-14)24-12-16(11-18(24)25)20(27)23-22-19(26)15-7-9-17(21)10-8-15/h2-10,13,16H,11-12H2,1H3,(H,22,26)(H,23,27)/t13-,16-/m1/s1. The number of hydrazine groups is 1. The number of benzene rings is 2. The van der Waals surface area contributed by atoms with Crippen LogP contribution in [-0.4, -0.2) is 29.2 Å². The van der Waals surface area contributed by atoms with Gasteiger partial charge in [0.15, 0.2) is 0 Å². The fourth-order valence-corrected chi connectivity index (χ4v) is 3.21. The molecule has 0 bridgehead atoms. The first-order valence-corrected chi connectivity index (χ1v) is 9.03. The first-order valence-electron chi connectivity index (χ1n) is 8.66. The Kier molecular flexibility index (Phi) is 5.76. The lowest BCUT2D eigenvalue weighted by atomic mass is 10.1. The summed E-state index contributed by atoms with van der Waals surface area (Å²) >= 11 is 5.79. The third-order valence-corrected chi connectivity index (χ3v) is 4.94. The number of nitrogens with one attached hydrogen (secondary N) is 2. The lowest BCUT2D eigenvalue weighted by molar-refractivity contribution is -0.130. The van der Waals surface area contributed by atoms with Gasteiger partial charge in [0, 0.05) is 23.6 Å². The normalized spacial score (nSPS) is 17.5. The van der Waals surface area contributed by atoms with E-state index in [2.05, 4.69) is 10.9 Å². The van der Waals surface area contributed by atoms with E-state index in [1.54, 1.807) is 29.2 Å². The van der Waals surface area contributed by atoms with E-state index in [1.165, 1.54) is 0 Å². The summed E-state index contributed by atoms with van der Waals surface area (Å²) in [4.78, 5) is 38.4. The second-order valence-corrected chi connectivity index (χ2v) is 6.92. The number of rotatable bonds is 4. The summed E-state index contributed by atoms with van der Waals surface area (Å²) < 4.78 is 0. The van der Waals surface area contributed by atoms with Crippen molar-refractivity contribution in [2.45, 2.75) is 19.4 Å². The van der Waals surface area contributed by atoms with Crippen molar-refractivity contribution in [2.75, 3.05) is 6.54 Å². The molecule has 0 aromatic heterocycles. The fraction of sp³-hybridized carbons (Fsp3) is 0.250. The van der Waals surface area contributed by atoms with Gasteiger partial charge in [0.25, 0.3) is 5.91 Å². The summed E-state index contributed by atoms with van der Waals surface area (Å²) in [5.41, 5.74) is 6.17. The van der Waals surface area contributed by atoms with Gasteiger partial charge in [-0.15, -0.1) is 0 Å². The molecule has 1 saturated heterocycles. The molecular formula is C20H20ClN3O3. The Morgan fingerprint density at radius 2 is 1.74 bits per heavy atom. The van der Waals surface area contributed by atoms with Crippen LogP contribution >= 0.6 is 11.6 Å². The molecule has 140 valence electrons. The molecule has 0 unspecified atom stereocenters. The Morgan fingerprint density at radius 1 is 1.07 bits per heavy atom. The minimum absolute atomic E-state index is 0.0736. The number of amides is 3. The molecule has 27 heavy (non-hydrogen) atoms. The topological polar surface area (TPSA) is 78.5 Å². The highest BCUT2D eigenvalue weighted by Gasteiger charge is 2.37. The lowest BCUT2D eigenvalue weighted by Gasteiger charge is -2.25. The highest BCUT2D eigenvalue weighted by atomic mass is 35.5. The van der Waals surface area contributed by atoms with Gasteiger partial charge in [0.2, 0.25) is 11.8 Å². The molecule has 6 nitrogen and oxygen atoms in total. The molecule has 1 heterocycles. The van der Waals surface area contributed by atoms with Crippen molar-refractivity contribution in [1.82, 2.24) is 15.8 Å². The van der Waals surface area contributed by atoms with Crippen molar-refractivity contribution in [3.8, 4) is 0 Å². The second-order valence-electron chi connectivity index (χ2n) is 6.48. The number of nitrogens with zero attached hydrogens (tertiary/aromatic N) is 1. The third-order valence-electron chi connectivity index (χ3n) is 4.68. The Morgan fingerprint density at radius 3 is 2.41 bits per heavy atom. The zero-order valence-corrected chi connectivity index (χ0v) is 15.6. The molecule has 2 aromatic carbocycles. The predicted octanol–water partition coefficient (Wildman–Crippen LogP) is 2.71. The van der Waals surface area contributed by atoms with E-state index in [0.717, 1.165) is 5.56 Å². The molecule has 3 rings (SSSR count). The summed E-state index contributed by atoms with van der Waals surface area (Å²) in [5, 5.41) is 0.521. The van der Waals surface area contributed by atoms with Crippen molar-refractivity contribution in [1.29, 1.82) is 0 Å². The van der Waals surface area contributed by atoms with Crippen LogP contribution in [0.3, 0.4) is 0 Å². The molecule has 1 fully saturated rings. The van der Waals surface area contributed by atoms with Gasteiger partial charge in [-0.1, -0.05) is 41.9 Å². The molecule has 2 atom stereocenters. The zero-order chi connectivity index (χ0) is 19.4. The van der Waals surface area contributed by atoms with Gasteiger partial charge < -0.3 is 4.90 Å². The van der Waals surface area contributed by atoms with Crippen LogP contribution in [0.5, 0.6) is 0 Å². The van der Waals surface area contributed by atoms with E-state index < -0.39 is 11.8 Å². The predicted molar refractivity (Wildman–Crippen MR) is 102 cm³/mol. The van der Waals surface area contributed by atoms with E-state index in [4.69, 9.17) is 11.6 Å². The summed E-state index contributed by atoms with van der Waals surface area (Å²) in [6.45, 7) is 2.26. The first-order chi connectivity index (χ1) is 13.0. The maximum atomic E-state index is 12.4. The van der Waals surface area contributed by atoms with Crippen molar-refractivity contribution in [3.63, 3.8) is 0 Å². The largest absolute Gasteiger partial charge is 0.335 e. The van der Waals surface area contributed by atoms with Gasteiger partial charge in [-0.05, 0) is 36.8 Å². The monoisotopic (exact) mass is 385 g/mol. The Balaban J connectivity index is 1.56. The van der Waals surface area contributed by atoms with Crippen molar-refractivity contribution in [2.24, 2.45) is 5.92 Å². The van der Waals surface area contributed by atoms with E-state index in [0.29, 0.717) is 17.1 Å². The molecule has 0 radical (unpaired) electrons. The van der Waals surface area contributed by atoms with Gasteiger partial charge in [-0.3, -0.25) is 25.2 Å². The molecule has 2 aromatic rings. The Labute approximate surface area is 162 Å². The van der Waals surface area contributed by atoms with E-state index in [9.17, 15) is 14.4 Å². The highest BCUT2D eigenvalue weighted by Crippen LogP contribution is 2.28. The van der Waals surface area contributed by atoms with Gasteiger partial charge in [-0.25, -0.2) is 0 Å². The van der Waals surface area contributed by atoms with Crippen LogP contribution < -0.4 is 10.9 Å². The maximum absolute atomic E-state index is 12.4. The molecule has 0 spiro atoms. The lowest BCUT2D eigenvalue weighted by Crippen LogP contribution is -2.45. The molecule has 3 amide bonds. The quantitative estimate of drug-likeness (QED) is 0.794. The summed E-state index contributed by atoms with van der Waals surface area (Å²) in [6, 6.07) is 15.9. The van der Waals surface area contributed by atoms with Crippen LogP contribution in [0.1, 0.15) is 35.3 Å². The number of carbonyl (C=O) groups is 3. The van der Waals surface area contributed by atoms with Gasteiger partial charge >= 0.3 is 0 Å². The van der Waals surface area contributed by atoms with Gasteiger partial charge in [0.1, 0.15) is 0 Å². The Bertz CT molecular complexity index is 839. The molecule has 0 saturated carbocycles. The van der Waals surface area contributed by atoms with Crippen molar-refractivity contribution < 1.29 is 14.4 Å². The highest BCUT2D eigenvalue weighted by molar-refractivity contribution is 6.30. The minimum Gasteiger partial charge on any atom is -0.335 e. The van der Waals surface area contributed by atoms with Crippen LogP contribution in [0.25, 0.3) is 0 Å². The number of likely N-dealkylation sites (tertiary alicyclic amines) is 1. The maximum Gasteiger partial charge on any atom is 0.269 e. The van der Waals surface area contributed by atoms with Crippen LogP contribution in [0.2, 0.25) is 5.02 Å². The summed E-state index contributed by atoms with van der Waals surface area (Å²) in [7, 11) is 0. The van der Waals surface area contributed by atoms with Gasteiger partial charge in [0.05, 0.1) is 12.0 Å². The molecule has 1 aliphatic heterocycles. The minimum atomic E-state index is -0.505. The molecule has 0 aliphatic carbocycles. The smallest absolute Gasteiger partial charge is 0.269 e. The zero-order valence-electron chi connectivity index (χ0n) is 14.8. The van der Waals surface area contributed by atoms with E-state index >= 15 is 0 Å². The number of halogens is 1. The van der Waals surface area contributed by atoms with Crippen LogP contribution in [0.15, 0.2) is 54.6 Å². The molecule has 2 N–H and O–H groups in total. The summed E-state index contributed by atoms with van der Waals surface area (Å²) in [5.74, 6) is -1.41. The Hall–Kier alpha value is -2.86. The second kappa shape index (κ2) is 8.22. The average molecular weight is 386 g/mol. The van der Waals surface area contributed by atoms with Crippen molar-refractivity contribution in [3.05, 3.63) is 70.7 Å². The van der Waals surface area contributed by atoms with E-state index in [-0.39, 0.29) is 24.3 Å². The van der Waals surface area contributed by atoms with E-state index in [1.807, 2.05) is 37.3 Å². The molecular weight excluding hydrogens is 366 g/mol. The first kappa shape index (κ1) is 18.9. The number of carbonyl (C=O) groups excluding carboxylic acids is 3. The molecule has 7 heteroatoms. The third kappa shape index (κ3) is 4.46. The van der Waals surface area contributed by atoms with Crippen LogP contribution in [0, 0.1) is 5.92 Å². The van der Waals surface area contributed by atoms with Crippen molar-refractivity contribution >= 4 is 29.3 Å². The summed E-state index contributed by atoms with van der Waals surface area (Å²) in [6.07, 6.45) is 0.125. The number of hydrogen-bond donors (Lipinski definition) is 2. The van der Waals surface area contributed by atoms with Gasteiger partial charge in [-0.2, -0.15) is 0 Å². The number of hydrogen-bond acceptors (Lipinski definition) is 3. The average Bonchev–Trinajstić information content (AvgIpc) is 3.08. The fourth-order valence-electron chi connectivity index (χ4n) is 3.09. The SMILES string of the molecule is C[C@H](c1ccccc1)N1C[C@H](C(=O)NNC(=O)c2ccc(Cl)cc2)CC1=O. The van der Waals surface area contributed by atoms with Crippen LogP contribution in [-0.2, 0) is 9.59 Å².